The van der Waals surface area contributed by atoms with Crippen molar-refractivity contribution in [1.82, 2.24) is 0 Å². The van der Waals surface area contributed by atoms with Crippen LogP contribution in [0.25, 0.3) is 0 Å². The maximum Gasteiger partial charge on any atom is 0.307 e. The molecular formula is C20H20N2O5S2. The second-order valence-corrected chi connectivity index (χ2v) is 9.83. The van der Waals surface area contributed by atoms with Crippen molar-refractivity contribution in [2.75, 3.05) is 17.7 Å². The number of benzene rings is 1. The zero-order chi connectivity index (χ0) is 20.9. The fourth-order valence-electron chi connectivity index (χ4n) is 3.12. The molecule has 2 aromatic rings. The molecule has 0 unspecified atom stereocenters. The van der Waals surface area contributed by atoms with E-state index >= 15 is 0 Å². The van der Waals surface area contributed by atoms with E-state index in [9.17, 15) is 23.3 Å². The van der Waals surface area contributed by atoms with Crippen LogP contribution in [0.2, 0.25) is 0 Å². The lowest BCUT2D eigenvalue weighted by atomic mass is 9.96. The van der Waals surface area contributed by atoms with Crippen LogP contribution in [0, 0.1) is 11.3 Å². The number of anilines is 1. The molecule has 152 valence electrons. The molecule has 0 fully saturated rings. The lowest BCUT2D eigenvalue weighted by Gasteiger charge is -2.09. The van der Waals surface area contributed by atoms with Crippen LogP contribution < -0.4 is 5.32 Å². The van der Waals surface area contributed by atoms with Crippen LogP contribution in [0.4, 0.5) is 5.00 Å². The van der Waals surface area contributed by atoms with Crippen molar-refractivity contribution in [2.45, 2.75) is 37.0 Å². The number of carbonyl (C=O) groups is 2. The van der Waals surface area contributed by atoms with Gasteiger partial charge in [0.15, 0.2) is 16.4 Å². The molecule has 1 aromatic carbocycles. The number of rotatable bonds is 7. The summed E-state index contributed by atoms with van der Waals surface area (Å²) in [5.74, 6) is -1.72. The summed E-state index contributed by atoms with van der Waals surface area (Å²) in [6.07, 6.45) is 3.47. The number of aryl methyl sites for hydroxylation is 1. The number of esters is 1. The number of hydrogen-bond acceptors (Lipinski definition) is 7. The number of hydrogen-bond donors (Lipinski definition) is 1. The van der Waals surface area contributed by atoms with Crippen molar-refractivity contribution in [3.05, 3.63) is 46.3 Å². The Labute approximate surface area is 173 Å². The number of carbonyl (C=O) groups excluding carboxylic acids is 2. The van der Waals surface area contributed by atoms with E-state index < -0.39 is 34.1 Å². The smallest absolute Gasteiger partial charge is 0.307 e. The predicted octanol–water partition coefficient (Wildman–Crippen LogP) is 2.84. The summed E-state index contributed by atoms with van der Waals surface area (Å²) in [5, 5.41) is 12.5. The van der Waals surface area contributed by atoms with Crippen molar-refractivity contribution in [3.63, 3.8) is 0 Å². The Hall–Kier alpha value is -2.70. The Bertz CT molecular complexity index is 1050. The monoisotopic (exact) mass is 432 g/mol. The normalized spacial score (nSPS) is 13.2. The molecule has 0 aliphatic heterocycles. The molecule has 7 nitrogen and oxygen atoms in total. The number of nitrogens with zero attached hydrogens (tertiary/aromatic N) is 1. The molecular weight excluding hydrogens is 412 g/mol. The number of nitrogens with one attached hydrogen (secondary N) is 1. The molecule has 0 radical (unpaired) electrons. The number of fused-ring (bicyclic) bond motifs is 1. The Balaban J connectivity index is 1.50. The molecule has 1 aromatic heterocycles. The van der Waals surface area contributed by atoms with Crippen LogP contribution in [-0.4, -0.2) is 32.7 Å². The summed E-state index contributed by atoms with van der Waals surface area (Å²) in [4.78, 5) is 25.2. The first-order valence-corrected chi connectivity index (χ1v) is 11.7. The van der Waals surface area contributed by atoms with Crippen LogP contribution in [0.1, 0.15) is 35.3 Å². The van der Waals surface area contributed by atoms with Crippen molar-refractivity contribution in [3.8, 4) is 6.07 Å². The third-order valence-corrected chi connectivity index (χ3v) is 7.52. The molecule has 0 saturated heterocycles. The van der Waals surface area contributed by atoms with Crippen LogP contribution in [0.5, 0.6) is 0 Å². The molecule has 0 spiro atoms. The van der Waals surface area contributed by atoms with Gasteiger partial charge in [0.05, 0.1) is 22.6 Å². The van der Waals surface area contributed by atoms with Gasteiger partial charge in [0.25, 0.3) is 5.91 Å². The number of thiophene rings is 1. The topological polar surface area (TPSA) is 113 Å². The van der Waals surface area contributed by atoms with E-state index in [1.165, 1.54) is 23.5 Å². The average Bonchev–Trinajstić information content (AvgIpc) is 3.08. The van der Waals surface area contributed by atoms with Gasteiger partial charge in [-0.2, -0.15) is 5.26 Å². The zero-order valence-corrected chi connectivity index (χ0v) is 17.3. The molecule has 1 heterocycles. The van der Waals surface area contributed by atoms with E-state index in [2.05, 4.69) is 11.4 Å². The molecule has 0 atom stereocenters. The molecule has 0 bridgehead atoms. The minimum Gasteiger partial charge on any atom is -0.456 e. The van der Waals surface area contributed by atoms with E-state index in [0.717, 1.165) is 36.1 Å². The van der Waals surface area contributed by atoms with Gasteiger partial charge >= 0.3 is 5.97 Å². The molecule has 0 saturated carbocycles. The highest BCUT2D eigenvalue weighted by atomic mass is 32.2. The fraction of sp³-hybridized carbons (Fsp3) is 0.350. The number of sulfone groups is 1. The maximum absolute atomic E-state index is 12.2. The lowest BCUT2D eigenvalue weighted by molar-refractivity contribution is -0.146. The fourth-order valence-corrected chi connectivity index (χ4v) is 5.62. The molecule has 1 aliphatic carbocycles. The van der Waals surface area contributed by atoms with E-state index in [4.69, 9.17) is 4.74 Å². The lowest BCUT2D eigenvalue weighted by Crippen LogP contribution is -2.22. The van der Waals surface area contributed by atoms with Gasteiger partial charge in [-0.05, 0) is 43.4 Å². The summed E-state index contributed by atoms with van der Waals surface area (Å²) >= 11 is 1.39. The number of ether oxygens (including phenoxy) is 1. The zero-order valence-electron chi connectivity index (χ0n) is 15.6. The summed E-state index contributed by atoms with van der Waals surface area (Å²) in [7, 11) is -3.59. The highest BCUT2D eigenvalue weighted by Crippen LogP contribution is 2.37. The molecule has 9 heteroatoms. The molecule has 3 rings (SSSR count). The average molecular weight is 433 g/mol. The van der Waals surface area contributed by atoms with Crippen molar-refractivity contribution < 1.29 is 22.7 Å². The van der Waals surface area contributed by atoms with Gasteiger partial charge in [0.2, 0.25) is 0 Å². The summed E-state index contributed by atoms with van der Waals surface area (Å²) in [6, 6.07) is 9.98. The summed E-state index contributed by atoms with van der Waals surface area (Å²) in [6.45, 7) is -0.530. The van der Waals surface area contributed by atoms with Crippen LogP contribution in [-0.2, 0) is 37.0 Å². The quantitative estimate of drug-likeness (QED) is 0.673. The van der Waals surface area contributed by atoms with Gasteiger partial charge in [-0.15, -0.1) is 11.3 Å². The summed E-state index contributed by atoms with van der Waals surface area (Å²) in [5.41, 5.74) is 1.49. The third kappa shape index (κ3) is 5.22. The maximum atomic E-state index is 12.2. The minimum atomic E-state index is -3.59. The third-order valence-electron chi connectivity index (χ3n) is 4.58. The Morgan fingerprint density at radius 3 is 2.62 bits per heavy atom. The standard InChI is InChI=1S/C20H20N2O5S2/c21-12-16-15-8-4-5-9-17(15)28-20(16)22-18(23)13-27-19(24)10-11-29(25,26)14-6-2-1-3-7-14/h1-3,6-7H,4-5,8-11,13H2,(H,22,23). The minimum absolute atomic E-state index is 0.135. The van der Waals surface area contributed by atoms with Crippen molar-refractivity contribution >= 4 is 38.1 Å². The van der Waals surface area contributed by atoms with Gasteiger partial charge in [-0.25, -0.2) is 8.42 Å². The number of amides is 1. The molecule has 29 heavy (non-hydrogen) atoms. The summed E-state index contributed by atoms with van der Waals surface area (Å²) < 4.78 is 29.2. The Morgan fingerprint density at radius 2 is 1.90 bits per heavy atom. The molecule has 1 aliphatic rings. The van der Waals surface area contributed by atoms with Gasteiger partial charge in [-0.3, -0.25) is 9.59 Å². The Kier molecular flexibility index (Phi) is 6.67. The first-order valence-electron chi connectivity index (χ1n) is 9.18. The Morgan fingerprint density at radius 1 is 1.17 bits per heavy atom. The van der Waals surface area contributed by atoms with E-state index in [1.807, 2.05) is 0 Å². The number of nitriles is 1. The second-order valence-electron chi connectivity index (χ2n) is 6.62. The van der Waals surface area contributed by atoms with Gasteiger partial charge in [-0.1, -0.05) is 18.2 Å². The predicted molar refractivity (Wildman–Crippen MR) is 108 cm³/mol. The van der Waals surface area contributed by atoms with Gasteiger partial charge < -0.3 is 10.1 Å². The largest absolute Gasteiger partial charge is 0.456 e. The second kappa shape index (κ2) is 9.20. The first kappa shape index (κ1) is 21.0. The molecule has 1 N–H and O–H groups in total. The van der Waals surface area contributed by atoms with Gasteiger partial charge in [0.1, 0.15) is 11.1 Å². The SMILES string of the molecule is N#Cc1c(NC(=O)COC(=O)CCS(=O)(=O)c2ccccc2)sc2c1CCCC2. The highest BCUT2D eigenvalue weighted by molar-refractivity contribution is 7.91. The van der Waals surface area contributed by atoms with E-state index in [1.54, 1.807) is 18.2 Å². The van der Waals surface area contributed by atoms with Crippen LogP contribution in [0.3, 0.4) is 0 Å². The van der Waals surface area contributed by atoms with Crippen molar-refractivity contribution in [2.24, 2.45) is 0 Å². The van der Waals surface area contributed by atoms with E-state index in [-0.39, 0.29) is 11.3 Å². The van der Waals surface area contributed by atoms with Crippen LogP contribution >= 0.6 is 11.3 Å². The van der Waals surface area contributed by atoms with Crippen LogP contribution in [0.15, 0.2) is 35.2 Å². The first-order chi connectivity index (χ1) is 13.9. The molecule has 1 amide bonds. The van der Waals surface area contributed by atoms with Crippen molar-refractivity contribution in [1.29, 1.82) is 5.26 Å². The highest BCUT2D eigenvalue weighted by Gasteiger charge is 2.22. The van der Waals surface area contributed by atoms with Gasteiger partial charge in [0, 0.05) is 4.88 Å². The van der Waals surface area contributed by atoms with E-state index in [0.29, 0.717) is 10.6 Å².